The highest BCUT2D eigenvalue weighted by Gasteiger charge is 2.22. The molecule has 2 aromatic rings. The fourth-order valence-corrected chi connectivity index (χ4v) is 1.77. The maximum absolute atomic E-state index is 13.0. The van der Waals surface area contributed by atoms with Gasteiger partial charge in [-0.2, -0.15) is 0 Å². The lowest BCUT2D eigenvalue weighted by Crippen LogP contribution is -2.23. The van der Waals surface area contributed by atoms with Gasteiger partial charge in [-0.15, -0.1) is 0 Å². The average molecular weight is 219 g/mol. The number of halogens is 1. The van der Waals surface area contributed by atoms with Gasteiger partial charge in [-0.25, -0.2) is 4.39 Å². The molecule has 2 heterocycles. The summed E-state index contributed by atoms with van der Waals surface area (Å²) >= 11 is 0. The normalized spacial score (nSPS) is 18.4. The van der Waals surface area contributed by atoms with Crippen LogP contribution in [0.4, 0.5) is 10.1 Å². The molecule has 4 heteroatoms. The SMILES string of the molecule is Fc1ccc2c(c1)NCC(c1ccco1)O2. The molecule has 1 aliphatic rings. The molecule has 0 saturated heterocycles. The van der Waals surface area contributed by atoms with Crippen LogP contribution in [0.1, 0.15) is 11.9 Å². The number of anilines is 1. The minimum Gasteiger partial charge on any atom is -0.478 e. The van der Waals surface area contributed by atoms with Crippen molar-refractivity contribution < 1.29 is 13.5 Å². The van der Waals surface area contributed by atoms with Crippen LogP contribution in [-0.2, 0) is 0 Å². The number of rotatable bonds is 1. The Bertz CT molecular complexity index is 496. The zero-order valence-electron chi connectivity index (χ0n) is 8.44. The van der Waals surface area contributed by atoms with Gasteiger partial charge in [0.25, 0.3) is 0 Å². The number of hydrogen-bond acceptors (Lipinski definition) is 3. The largest absolute Gasteiger partial charge is 0.478 e. The second-order valence-electron chi connectivity index (χ2n) is 3.64. The molecule has 1 aliphatic heterocycles. The Balaban J connectivity index is 1.89. The summed E-state index contributed by atoms with van der Waals surface area (Å²) in [7, 11) is 0. The van der Waals surface area contributed by atoms with E-state index >= 15 is 0 Å². The Morgan fingerprint density at radius 2 is 2.25 bits per heavy atom. The Hall–Kier alpha value is -1.97. The predicted octanol–water partition coefficient (Wildman–Crippen LogP) is 2.96. The molecule has 0 aliphatic carbocycles. The van der Waals surface area contributed by atoms with Gasteiger partial charge in [0.15, 0.2) is 6.10 Å². The molecule has 0 radical (unpaired) electrons. The number of ether oxygens (including phenoxy) is 1. The maximum atomic E-state index is 13.0. The molecule has 0 bridgehead atoms. The first-order valence-electron chi connectivity index (χ1n) is 5.06. The smallest absolute Gasteiger partial charge is 0.173 e. The van der Waals surface area contributed by atoms with Crippen LogP contribution < -0.4 is 10.1 Å². The second kappa shape index (κ2) is 3.56. The van der Waals surface area contributed by atoms with E-state index in [-0.39, 0.29) is 11.9 Å². The second-order valence-corrected chi connectivity index (χ2v) is 3.64. The van der Waals surface area contributed by atoms with Crippen molar-refractivity contribution >= 4 is 5.69 Å². The van der Waals surface area contributed by atoms with Crippen LogP contribution in [0.15, 0.2) is 41.0 Å². The summed E-state index contributed by atoms with van der Waals surface area (Å²) in [6.45, 7) is 0.573. The Kier molecular flexibility index (Phi) is 2.06. The standard InChI is InChI=1S/C12H10FNO2/c13-8-3-4-10-9(6-8)14-7-12(16-10)11-2-1-5-15-11/h1-6,12,14H,7H2. The third-order valence-electron chi connectivity index (χ3n) is 2.55. The van der Waals surface area contributed by atoms with E-state index in [2.05, 4.69) is 5.32 Å². The molecule has 3 nitrogen and oxygen atoms in total. The van der Waals surface area contributed by atoms with Crippen molar-refractivity contribution in [2.75, 3.05) is 11.9 Å². The topological polar surface area (TPSA) is 34.4 Å². The third kappa shape index (κ3) is 1.52. The van der Waals surface area contributed by atoms with E-state index in [0.29, 0.717) is 18.0 Å². The van der Waals surface area contributed by atoms with E-state index in [1.54, 1.807) is 12.3 Å². The fourth-order valence-electron chi connectivity index (χ4n) is 1.77. The minimum atomic E-state index is -0.272. The van der Waals surface area contributed by atoms with Crippen molar-refractivity contribution in [1.29, 1.82) is 0 Å². The molecule has 0 fully saturated rings. The summed E-state index contributed by atoms with van der Waals surface area (Å²) in [4.78, 5) is 0. The molecule has 3 rings (SSSR count). The lowest BCUT2D eigenvalue weighted by atomic mass is 10.2. The van der Waals surface area contributed by atoms with Crippen molar-refractivity contribution in [1.82, 2.24) is 0 Å². The maximum Gasteiger partial charge on any atom is 0.173 e. The lowest BCUT2D eigenvalue weighted by Gasteiger charge is -2.25. The summed E-state index contributed by atoms with van der Waals surface area (Å²) < 4.78 is 23.9. The van der Waals surface area contributed by atoms with Crippen LogP contribution in [0, 0.1) is 5.82 Å². The number of furan rings is 1. The summed E-state index contributed by atoms with van der Waals surface area (Å²) in [5.41, 5.74) is 0.683. The van der Waals surface area contributed by atoms with Gasteiger partial charge in [-0.1, -0.05) is 0 Å². The van der Waals surface area contributed by atoms with Crippen LogP contribution in [0.3, 0.4) is 0 Å². The van der Waals surface area contributed by atoms with E-state index < -0.39 is 0 Å². The number of hydrogen-bond donors (Lipinski definition) is 1. The van der Waals surface area contributed by atoms with Gasteiger partial charge in [-0.3, -0.25) is 0 Å². The molecule has 0 spiro atoms. The van der Waals surface area contributed by atoms with Crippen LogP contribution in [-0.4, -0.2) is 6.54 Å². The summed E-state index contributed by atoms with van der Waals surface area (Å²) in [5, 5.41) is 3.12. The van der Waals surface area contributed by atoms with Gasteiger partial charge in [0.1, 0.15) is 17.3 Å². The molecule has 1 atom stereocenters. The highest BCUT2D eigenvalue weighted by atomic mass is 19.1. The van der Waals surface area contributed by atoms with E-state index in [1.165, 1.54) is 12.1 Å². The molecule has 16 heavy (non-hydrogen) atoms. The van der Waals surface area contributed by atoms with E-state index in [1.807, 2.05) is 12.1 Å². The van der Waals surface area contributed by atoms with E-state index in [4.69, 9.17) is 9.15 Å². The zero-order valence-corrected chi connectivity index (χ0v) is 8.44. The minimum absolute atomic E-state index is 0.159. The molecule has 1 aromatic heterocycles. The van der Waals surface area contributed by atoms with Gasteiger partial charge < -0.3 is 14.5 Å². The molecule has 1 N–H and O–H groups in total. The number of nitrogens with one attached hydrogen (secondary N) is 1. The average Bonchev–Trinajstić information content (AvgIpc) is 2.82. The van der Waals surface area contributed by atoms with Crippen LogP contribution >= 0.6 is 0 Å². The van der Waals surface area contributed by atoms with Crippen LogP contribution in [0.2, 0.25) is 0 Å². The summed E-state index contributed by atoms with van der Waals surface area (Å²) in [5.74, 6) is 1.14. The molecule has 82 valence electrons. The first-order valence-corrected chi connectivity index (χ1v) is 5.06. The third-order valence-corrected chi connectivity index (χ3v) is 2.55. The summed E-state index contributed by atoms with van der Waals surface area (Å²) in [6.07, 6.45) is 1.45. The molecule has 1 aromatic carbocycles. The molecular formula is C12H10FNO2. The van der Waals surface area contributed by atoms with Crippen molar-refractivity contribution in [2.45, 2.75) is 6.10 Å². The molecule has 0 saturated carbocycles. The fraction of sp³-hybridized carbons (Fsp3) is 0.167. The first kappa shape index (κ1) is 9.27. The molecule has 0 amide bonds. The van der Waals surface area contributed by atoms with E-state index in [9.17, 15) is 4.39 Å². The van der Waals surface area contributed by atoms with E-state index in [0.717, 1.165) is 5.76 Å². The summed E-state index contributed by atoms with van der Waals surface area (Å²) in [6, 6.07) is 8.10. The Morgan fingerprint density at radius 1 is 1.31 bits per heavy atom. The zero-order chi connectivity index (χ0) is 11.0. The Morgan fingerprint density at radius 3 is 3.06 bits per heavy atom. The Labute approximate surface area is 91.8 Å². The number of benzene rings is 1. The monoisotopic (exact) mass is 219 g/mol. The predicted molar refractivity (Wildman–Crippen MR) is 57.0 cm³/mol. The van der Waals surface area contributed by atoms with Crippen LogP contribution in [0.5, 0.6) is 5.75 Å². The lowest BCUT2D eigenvalue weighted by molar-refractivity contribution is 0.180. The van der Waals surface area contributed by atoms with Gasteiger partial charge >= 0.3 is 0 Å². The quantitative estimate of drug-likeness (QED) is 0.800. The molecular weight excluding hydrogens is 209 g/mol. The van der Waals surface area contributed by atoms with Gasteiger partial charge in [0.2, 0.25) is 0 Å². The van der Waals surface area contributed by atoms with Crippen molar-refractivity contribution in [3.63, 3.8) is 0 Å². The first-order chi connectivity index (χ1) is 7.83. The van der Waals surface area contributed by atoms with Gasteiger partial charge in [-0.05, 0) is 24.3 Å². The van der Waals surface area contributed by atoms with Gasteiger partial charge in [0, 0.05) is 6.07 Å². The van der Waals surface area contributed by atoms with Crippen molar-refractivity contribution in [3.8, 4) is 5.75 Å². The number of fused-ring (bicyclic) bond motifs is 1. The van der Waals surface area contributed by atoms with Crippen LogP contribution in [0.25, 0.3) is 0 Å². The van der Waals surface area contributed by atoms with Gasteiger partial charge in [0.05, 0.1) is 18.5 Å². The van der Waals surface area contributed by atoms with Crippen molar-refractivity contribution in [2.24, 2.45) is 0 Å². The van der Waals surface area contributed by atoms with Crippen molar-refractivity contribution in [3.05, 3.63) is 48.2 Å². The highest BCUT2D eigenvalue weighted by molar-refractivity contribution is 5.58. The highest BCUT2D eigenvalue weighted by Crippen LogP contribution is 2.34. The molecule has 1 unspecified atom stereocenters.